The molecule has 1 heterocycles. The van der Waals surface area contributed by atoms with Gasteiger partial charge in [-0.25, -0.2) is 0 Å². The first-order valence-corrected chi connectivity index (χ1v) is 6.19. The highest BCUT2D eigenvalue weighted by atomic mass is 16.5. The van der Waals surface area contributed by atoms with Crippen molar-refractivity contribution in [2.24, 2.45) is 0 Å². The van der Waals surface area contributed by atoms with Gasteiger partial charge in [-0.2, -0.15) is 0 Å². The molecule has 1 aliphatic rings. The van der Waals surface area contributed by atoms with E-state index in [1.807, 2.05) is 30.0 Å². The average Bonchev–Trinajstić information content (AvgIpc) is 2.37. The van der Waals surface area contributed by atoms with Crippen LogP contribution in [0.1, 0.15) is 18.9 Å². The predicted molar refractivity (Wildman–Crippen MR) is 66.8 cm³/mol. The number of benzene rings is 1. The molecule has 1 fully saturated rings. The van der Waals surface area contributed by atoms with Crippen molar-refractivity contribution in [1.82, 2.24) is 4.90 Å². The molecule has 1 atom stereocenters. The summed E-state index contributed by atoms with van der Waals surface area (Å²) in [6, 6.07) is 10.1. The molecule has 0 aromatic heterocycles. The number of hydrogen-bond acceptors (Lipinski definition) is 2. The zero-order valence-electron chi connectivity index (χ0n) is 10.3. The quantitative estimate of drug-likeness (QED) is 0.797. The Labute approximate surface area is 102 Å². The van der Waals surface area contributed by atoms with E-state index in [1.54, 1.807) is 0 Å². The summed E-state index contributed by atoms with van der Waals surface area (Å²) in [5.74, 6) is 0.240. The molecule has 0 radical (unpaired) electrons. The highest BCUT2D eigenvalue weighted by Gasteiger charge is 2.20. The summed E-state index contributed by atoms with van der Waals surface area (Å²) in [7, 11) is 0. The van der Waals surface area contributed by atoms with E-state index in [-0.39, 0.29) is 12.0 Å². The number of nitrogens with zero attached hydrogens (tertiary/aromatic N) is 1. The maximum atomic E-state index is 12.0. The van der Waals surface area contributed by atoms with E-state index in [2.05, 4.69) is 12.1 Å². The molecule has 1 saturated heterocycles. The second kappa shape index (κ2) is 5.82. The Hall–Kier alpha value is -1.35. The molecule has 1 unspecified atom stereocenters. The van der Waals surface area contributed by atoms with Crippen molar-refractivity contribution in [2.45, 2.75) is 25.9 Å². The first kappa shape index (κ1) is 12.1. The van der Waals surface area contributed by atoms with Crippen molar-refractivity contribution in [2.75, 3.05) is 19.7 Å². The maximum absolute atomic E-state index is 12.0. The van der Waals surface area contributed by atoms with Crippen molar-refractivity contribution in [3.63, 3.8) is 0 Å². The summed E-state index contributed by atoms with van der Waals surface area (Å²) in [5.41, 5.74) is 1.22. The number of carbonyl (C=O) groups excluding carboxylic acids is 1. The van der Waals surface area contributed by atoms with Gasteiger partial charge in [0.1, 0.15) is 0 Å². The fourth-order valence-electron chi connectivity index (χ4n) is 2.10. The van der Waals surface area contributed by atoms with Gasteiger partial charge in [0.25, 0.3) is 0 Å². The van der Waals surface area contributed by atoms with Crippen molar-refractivity contribution in [1.29, 1.82) is 0 Å². The van der Waals surface area contributed by atoms with Gasteiger partial charge < -0.3 is 9.64 Å². The van der Waals surface area contributed by atoms with Gasteiger partial charge in [-0.3, -0.25) is 4.79 Å². The summed E-state index contributed by atoms with van der Waals surface area (Å²) in [5, 5.41) is 0. The summed E-state index contributed by atoms with van der Waals surface area (Å²) in [6.07, 6.45) is 1.59. The van der Waals surface area contributed by atoms with Gasteiger partial charge in [-0.1, -0.05) is 30.3 Å². The minimum atomic E-state index is 0.171. The molecule has 1 aliphatic heterocycles. The minimum absolute atomic E-state index is 0.171. The van der Waals surface area contributed by atoms with E-state index in [0.29, 0.717) is 13.0 Å². The molecule has 3 heteroatoms. The number of ether oxygens (including phenoxy) is 1. The van der Waals surface area contributed by atoms with Crippen LogP contribution in [0.2, 0.25) is 0 Å². The molecule has 0 aliphatic carbocycles. The number of carbonyl (C=O) groups is 1. The molecule has 17 heavy (non-hydrogen) atoms. The Balaban J connectivity index is 1.81. The Morgan fingerprint density at radius 1 is 1.41 bits per heavy atom. The van der Waals surface area contributed by atoms with Crippen molar-refractivity contribution in [3.8, 4) is 0 Å². The van der Waals surface area contributed by atoms with Gasteiger partial charge in [0.05, 0.1) is 12.7 Å². The number of amides is 1. The Bertz CT molecular complexity index is 364. The molecule has 0 N–H and O–H groups in total. The minimum Gasteiger partial charge on any atom is -0.375 e. The number of morpholine rings is 1. The van der Waals surface area contributed by atoms with E-state index >= 15 is 0 Å². The van der Waals surface area contributed by atoms with Crippen LogP contribution in [0, 0.1) is 0 Å². The highest BCUT2D eigenvalue weighted by Crippen LogP contribution is 2.09. The molecule has 0 saturated carbocycles. The van der Waals surface area contributed by atoms with E-state index in [1.165, 1.54) is 5.56 Å². The molecule has 3 nitrogen and oxygen atoms in total. The van der Waals surface area contributed by atoms with Gasteiger partial charge in [-0.15, -0.1) is 0 Å². The summed E-state index contributed by atoms with van der Waals surface area (Å²) in [6.45, 7) is 4.14. The number of aryl methyl sites for hydroxylation is 1. The van der Waals surface area contributed by atoms with E-state index in [0.717, 1.165) is 19.5 Å². The molecular formula is C14H19NO2. The number of hydrogen-bond donors (Lipinski definition) is 0. The van der Waals surface area contributed by atoms with Crippen LogP contribution in [-0.2, 0) is 16.0 Å². The lowest BCUT2D eigenvalue weighted by molar-refractivity contribution is -0.138. The Morgan fingerprint density at radius 3 is 2.88 bits per heavy atom. The van der Waals surface area contributed by atoms with Crippen molar-refractivity contribution >= 4 is 5.91 Å². The van der Waals surface area contributed by atoms with E-state index in [9.17, 15) is 4.79 Å². The summed E-state index contributed by atoms with van der Waals surface area (Å²) >= 11 is 0. The third kappa shape index (κ3) is 3.56. The summed E-state index contributed by atoms with van der Waals surface area (Å²) in [4.78, 5) is 13.9. The SMILES string of the molecule is CC1CN(C(=O)CCc2ccccc2)CCO1. The molecule has 1 amide bonds. The van der Waals surface area contributed by atoms with Gasteiger partial charge in [0.15, 0.2) is 0 Å². The van der Waals surface area contributed by atoms with Crippen LogP contribution in [0.3, 0.4) is 0 Å². The van der Waals surface area contributed by atoms with Crippen LogP contribution in [0.4, 0.5) is 0 Å². The highest BCUT2D eigenvalue weighted by molar-refractivity contribution is 5.76. The first-order chi connectivity index (χ1) is 8.25. The largest absolute Gasteiger partial charge is 0.375 e. The van der Waals surface area contributed by atoms with Crippen molar-refractivity contribution in [3.05, 3.63) is 35.9 Å². The second-order valence-corrected chi connectivity index (χ2v) is 4.51. The zero-order chi connectivity index (χ0) is 12.1. The van der Waals surface area contributed by atoms with Gasteiger partial charge in [-0.05, 0) is 18.9 Å². The van der Waals surface area contributed by atoms with Crippen LogP contribution in [-0.4, -0.2) is 36.6 Å². The number of rotatable bonds is 3. The molecular weight excluding hydrogens is 214 g/mol. The lowest BCUT2D eigenvalue weighted by Crippen LogP contribution is -2.44. The lowest BCUT2D eigenvalue weighted by atomic mass is 10.1. The first-order valence-electron chi connectivity index (χ1n) is 6.19. The molecule has 2 rings (SSSR count). The smallest absolute Gasteiger partial charge is 0.223 e. The molecule has 92 valence electrons. The van der Waals surface area contributed by atoms with Crippen LogP contribution >= 0.6 is 0 Å². The Kier molecular flexibility index (Phi) is 4.15. The molecule has 0 bridgehead atoms. The molecule has 1 aromatic carbocycles. The van der Waals surface area contributed by atoms with Crippen LogP contribution in [0.25, 0.3) is 0 Å². The van der Waals surface area contributed by atoms with Crippen molar-refractivity contribution < 1.29 is 9.53 Å². The lowest BCUT2D eigenvalue weighted by Gasteiger charge is -2.31. The second-order valence-electron chi connectivity index (χ2n) is 4.51. The van der Waals surface area contributed by atoms with E-state index < -0.39 is 0 Å². The van der Waals surface area contributed by atoms with Gasteiger partial charge in [0, 0.05) is 19.5 Å². The van der Waals surface area contributed by atoms with Crippen LogP contribution in [0.5, 0.6) is 0 Å². The topological polar surface area (TPSA) is 29.5 Å². The normalized spacial score (nSPS) is 20.3. The fourth-order valence-corrected chi connectivity index (χ4v) is 2.10. The molecule has 1 aromatic rings. The zero-order valence-corrected chi connectivity index (χ0v) is 10.3. The van der Waals surface area contributed by atoms with Gasteiger partial charge in [0.2, 0.25) is 5.91 Å². The third-order valence-electron chi connectivity index (χ3n) is 3.06. The maximum Gasteiger partial charge on any atom is 0.223 e. The molecule has 0 spiro atoms. The van der Waals surface area contributed by atoms with Crippen LogP contribution in [0.15, 0.2) is 30.3 Å². The standard InChI is InChI=1S/C14H19NO2/c1-12-11-15(9-10-17-12)14(16)8-7-13-5-3-2-4-6-13/h2-6,12H,7-11H2,1H3. The average molecular weight is 233 g/mol. The monoisotopic (exact) mass is 233 g/mol. The van der Waals surface area contributed by atoms with Crippen LogP contribution < -0.4 is 0 Å². The predicted octanol–water partition coefficient (Wildman–Crippen LogP) is 1.87. The fraction of sp³-hybridized carbons (Fsp3) is 0.500. The summed E-state index contributed by atoms with van der Waals surface area (Å²) < 4.78 is 5.43. The third-order valence-corrected chi connectivity index (χ3v) is 3.06. The van der Waals surface area contributed by atoms with Gasteiger partial charge >= 0.3 is 0 Å². The van der Waals surface area contributed by atoms with E-state index in [4.69, 9.17) is 4.74 Å². The Morgan fingerprint density at radius 2 is 2.18 bits per heavy atom.